The molecule has 1 amide bonds. The zero-order chi connectivity index (χ0) is 23.0. The maximum Gasteiger partial charge on any atom is 0.258 e. The third-order valence-electron chi connectivity index (χ3n) is 6.05. The number of ether oxygens (including phenoxy) is 1. The molecule has 32 heavy (non-hydrogen) atoms. The van der Waals surface area contributed by atoms with E-state index in [9.17, 15) is 9.18 Å². The maximum atomic E-state index is 14.0. The normalized spacial score (nSPS) is 26.2. The van der Waals surface area contributed by atoms with E-state index in [1.807, 2.05) is 6.92 Å². The van der Waals surface area contributed by atoms with E-state index in [1.165, 1.54) is 18.2 Å². The molecule has 1 aliphatic carbocycles. The molecule has 1 saturated heterocycles. The van der Waals surface area contributed by atoms with E-state index in [-0.39, 0.29) is 42.5 Å². The van der Waals surface area contributed by atoms with E-state index in [1.54, 1.807) is 11.8 Å². The topological polar surface area (TPSA) is 104 Å². The first-order chi connectivity index (χ1) is 15.2. The van der Waals surface area contributed by atoms with Crippen LogP contribution in [0.25, 0.3) is 0 Å². The Morgan fingerprint density at radius 1 is 1.28 bits per heavy atom. The minimum Gasteiger partial charge on any atom is -0.489 e. The second-order valence-electron chi connectivity index (χ2n) is 8.52. The van der Waals surface area contributed by atoms with Crippen molar-refractivity contribution in [3.63, 3.8) is 0 Å². The average Bonchev–Trinajstić information content (AvgIpc) is 3.14. The molecule has 9 heteroatoms. The van der Waals surface area contributed by atoms with Crippen molar-refractivity contribution in [3.8, 4) is 5.75 Å². The van der Waals surface area contributed by atoms with Crippen LogP contribution < -0.4 is 15.8 Å². The molecule has 1 saturated carbocycles. The van der Waals surface area contributed by atoms with Crippen molar-refractivity contribution < 1.29 is 13.9 Å². The lowest BCUT2D eigenvalue weighted by atomic mass is 9.93. The summed E-state index contributed by atoms with van der Waals surface area (Å²) in [6.45, 7) is 3.99. The Morgan fingerprint density at radius 2 is 2.00 bits per heavy atom. The lowest BCUT2D eigenvalue weighted by molar-refractivity contribution is 0.0791. The highest BCUT2D eigenvalue weighted by Gasteiger charge is 2.32. The third kappa shape index (κ3) is 4.56. The molecule has 0 unspecified atom stereocenters. The summed E-state index contributed by atoms with van der Waals surface area (Å²) in [7, 11) is 0. The first kappa shape index (κ1) is 22.5. The van der Waals surface area contributed by atoms with Gasteiger partial charge in [-0.3, -0.25) is 4.79 Å². The van der Waals surface area contributed by atoms with Gasteiger partial charge < -0.3 is 26.1 Å². The number of allylic oxidation sites excluding steroid dienone is 2. The molecule has 4 rings (SSSR count). The van der Waals surface area contributed by atoms with Gasteiger partial charge in [0.1, 0.15) is 17.4 Å². The largest absolute Gasteiger partial charge is 0.489 e. The van der Waals surface area contributed by atoms with Gasteiger partial charge in [0.15, 0.2) is 0 Å². The first-order valence-electron chi connectivity index (χ1n) is 10.7. The van der Waals surface area contributed by atoms with Gasteiger partial charge in [-0.2, -0.15) is 0 Å². The number of rotatable bonds is 3. The van der Waals surface area contributed by atoms with Crippen molar-refractivity contribution in [1.82, 2.24) is 10.2 Å². The average molecular weight is 460 g/mol. The minimum absolute atomic E-state index is 0.0963. The molecule has 4 N–H and O–H groups in total. The van der Waals surface area contributed by atoms with Crippen LogP contribution in [0.4, 0.5) is 4.39 Å². The number of halogens is 2. The third-order valence-corrected chi connectivity index (χ3v) is 6.61. The molecule has 1 aromatic carbocycles. The number of hydrogen-bond acceptors (Lipinski definition) is 6. The highest BCUT2D eigenvalue weighted by atomic mass is 35.5. The van der Waals surface area contributed by atoms with Crippen LogP contribution in [0.5, 0.6) is 5.75 Å². The van der Waals surface area contributed by atoms with Crippen molar-refractivity contribution in [2.24, 2.45) is 10.7 Å². The number of nitrogens with two attached hydrogens (primary N) is 1. The standard InChI is InChI=1S/C23H27ClFN5O2/c1-12-21(24)13(2)29-22(28-12)18-10-30(11-19(18)27)23(31)17-8-3-14(25)9-20(17)32-16-6-4-15(26)5-7-16/h3,8-9,15-16,27-28H,4-7,10-11,26H2,1-2H3/b22-18+,27-19?/t15-,16-. The zero-order valence-corrected chi connectivity index (χ0v) is 18.9. The van der Waals surface area contributed by atoms with E-state index in [0.717, 1.165) is 31.4 Å². The van der Waals surface area contributed by atoms with Gasteiger partial charge in [-0.05, 0) is 51.7 Å². The fraction of sp³-hybridized carbons (Fsp3) is 0.435. The van der Waals surface area contributed by atoms with E-state index < -0.39 is 5.82 Å². The number of likely N-dealkylation sites (tertiary alicyclic amines) is 1. The highest BCUT2D eigenvalue weighted by molar-refractivity contribution is 6.43. The molecule has 2 fully saturated rings. The Hall–Kier alpha value is -2.71. The minimum atomic E-state index is -0.462. The summed E-state index contributed by atoms with van der Waals surface area (Å²) in [5, 5.41) is 12.1. The van der Waals surface area contributed by atoms with E-state index in [2.05, 4.69) is 10.3 Å². The summed E-state index contributed by atoms with van der Waals surface area (Å²) in [5.74, 6) is -0.0109. The van der Waals surface area contributed by atoms with Crippen molar-refractivity contribution in [3.05, 3.63) is 51.7 Å². The summed E-state index contributed by atoms with van der Waals surface area (Å²) in [6.07, 6.45) is 3.13. The van der Waals surface area contributed by atoms with Gasteiger partial charge in [0.25, 0.3) is 5.91 Å². The Labute approximate surface area is 191 Å². The van der Waals surface area contributed by atoms with Gasteiger partial charge in [0.2, 0.25) is 0 Å². The fourth-order valence-corrected chi connectivity index (χ4v) is 4.30. The Balaban J connectivity index is 1.55. The molecular weight excluding hydrogens is 433 g/mol. The lowest BCUT2D eigenvalue weighted by Gasteiger charge is -2.28. The molecule has 2 heterocycles. The predicted molar refractivity (Wildman–Crippen MR) is 123 cm³/mol. The summed E-state index contributed by atoms with van der Waals surface area (Å²) in [5.41, 5.74) is 8.59. The highest BCUT2D eigenvalue weighted by Crippen LogP contribution is 2.30. The Morgan fingerprint density at radius 3 is 2.69 bits per heavy atom. The van der Waals surface area contributed by atoms with Gasteiger partial charge in [-0.15, -0.1) is 0 Å². The molecule has 2 aliphatic heterocycles. The second-order valence-corrected chi connectivity index (χ2v) is 8.90. The van der Waals surface area contributed by atoms with E-state index >= 15 is 0 Å². The summed E-state index contributed by atoms with van der Waals surface area (Å²) >= 11 is 6.20. The monoisotopic (exact) mass is 459 g/mol. The predicted octanol–water partition coefficient (Wildman–Crippen LogP) is 3.70. The number of nitrogens with one attached hydrogen (secondary N) is 2. The smallest absolute Gasteiger partial charge is 0.258 e. The van der Waals surface area contributed by atoms with Crippen LogP contribution in [-0.4, -0.2) is 47.5 Å². The van der Waals surface area contributed by atoms with Gasteiger partial charge in [0.05, 0.1) is 41.2 Å². The second kappa shape index (κ2) is 9.03. The number of nitrogens with zero attached hydrogens (tertiary/aromatic N) is 2. The molecule has 0 atom stereocenters. The quantitative estimate of drug-likeness (QED) is 0.641. The van der Waals surface area contributed by atoms with Gasteiger partial charge >= 0.3 is 0 Å². The zero-order valence-electron chi connectivity index (χ0n) is 18.2. The lowest BCUT2D eigenvalue weighted by Crippen LogP contribution is -2.33. The van der Waals surface area contributed by atoms with Crippen LogP contribution in [0, 0.1) is 11.2 Å². The Bertz CT molecular complexity index is 1060. The van der Waals surface area contributed by atoms with E-state index in [4.69, 9.17) is 27.5 Å². The fourth-order valence-electron chi connectivity index (χ4n) is 4.21. The SMILES string of the molecule is CC1=N/C(=C2\CN(C(=O)c3ccc(F)cc3O[C@H]3CC[C@H](N)CC3)CC2=N)NC(C)=C1Cl. The number of aliphatic imine (C=N–C) groups is 1. The summed E-state index contributed by atoms with van der Waals surface area (Å²) in [6, 6.07) is 4.13. The molecule has 0 radical (unpaired) electrons. The van der Waals surface area contributed by atoms with Crippen LogP contribution >= 0.6 is 11.6 Å². The Kier molecular flexibility index (Phi) is 6.35. The van der Waals surface area contributed by atoms with Crippen LogP contribution in [0.3, 0.4) is 0 Å². The number of amides is 1. The molecule has 3 aliphatic rings. The molecular formula is C23H27ClFN5O2. The van der Waals surface area contributed by atoms with Crippen molar-refractivity contribution in [2.75, 3.05) is 13.1 Å². The van der Waals surface area contributed by atoms with Gasteiger partial charge in [-0.25, -0.2) is 9.38 Å². The number of carbonyl (C=O) groups is 1. The van der Waals surface area contributed by atoms with Gasteiger partial charge in [-0.1, -0.05) is 11.6 Å². The van der Waals surface area contributed by atoms with Gasteiger partial charge in [0, 0.05) is 23.4 Å². The van der Waals surface area contributed by atoms with Crippen LogP contribution in [0.15, 0.2) is 45.3 Å². The molecule has 0 aromatic heterocycles. The number of carbonyl (C=O) groups excluding carboxylic acids is 1. The van der Waals surface area contributed by atoms with Crippen molar-refractivity contribution >= 4 is 28.9 Å². The molecule has 0 spiro atoms. The van der Waals surface area contributed by atoms with Crippen LogP contribution in [-0.2, 0) is 0 Å². The molecule has 0 bridgehead atoms. The van der Waals surface area contributed by atoms with Crippen molar-refractivity contribution in [2.45, 2.75) is 51.7 Å². The van der Waals surface area contributed by atoms with Crippen LogP contribution in [0.1, 0.15) is 49.9 Å². The van der Waals surface area contributed by atoms with Crippen LogP contribution in [0.2, 0.25) is 0 Å². The summed E-state index contributed by atoms with van der Waals surface area (Å²) in [4.78, 5) is 19.3. The molecule has 1 aromatic rings. The molecule has 7 nitrogen and oxygen atoms in total. The molecule has 170 valence electrons. The van der Waals surface area contributed by atoms with Crippen molar-refractivity contribution in [1.29, 1.82) is 5.41 Å². The number of benzene rings is 1. The summed E-state index contributed by atoms with van der Waals surface area (Å²) < 4.78 is 20.0. The van der Waals surface area contributed by atoms with E-state index in [0.29, 0.717) is 27.8 Å². The number of hydrogen-bond donors (Lipinski definition) is 3. The maximum absolute atomic E-state index is 14.0. The first-order valence-corrected chi connectivity index (χ1v) is 11.1.